The third-order valence-corrected chi connectivity index (χ3v) is 3.57. The molecular formula is C16H20O4. The quantitative estimate of drug-likeness (QED) is 0.828. The van der Waals surface area contributed by atoms with E-state index in [4.69, 9.17) is 14.2 Å². The Morgan fingerprint density at radius 3 is 2.40 bits per heavy atom. The predicted molar refractivity (Wildman–Crippen MR) is 75.1 cm³/mol. The molecule has 108 valence electrons. The second-order valence-corrected chi connectivity index (χ2v) is 4.86. The maximum absolute atomic E-state index is 12.2. The van der Waals surface area contributed by atoms with Crippen molar-refractivity contribution in [1.82, 2.24) is 0 Å². The first-order valence-electron chi connectivity index (χ1n) is 6.65. The molecule has 0 fully saturated rings. The number of carbonyl (C=O) groups is 1. The van der Waals surface area contributed by atoms with E-state index >= 15 is 0 Å². The normalized spacial score (nSPS) is 26.2. The zero-order valence-corrected chi connectivity index (χ0v) is 12.0. The molecule has 0 N–H and O–H groups in total. The van der Waals surface area contributed by atoms with Crippen LogP contribution < -0.4 is 0 Å². The molecule has 1 aliphatic carbocycles. The average Bonchev–Trinajstić information content (AvgIpc) is 2.49. The number of carbonyl (C=O) groups excluding carboxylic acids is 1. The Balaban J connectivity index is 2.10. The smallest absolute Gasteiger partial charge is 0.202 e. The third-order valence-electron chi connectivity index (χ3n) is 3.57. The average molecular weight is 276 g/mol. The van der Waals surface area contributed by atoms with Crippen molar-refractivity contribution in [2.24, 2.45) is 5.92 Å². The molecule has 0 radical (unpaired) electrons. The fraction of sp³-hybridized carbons (Fsp3) is 0.438. The number of allylic oxidation sites excluding steroid dienone is 1. The van der Waals surface area contributed by atoms with Crippen LogP contribution >= 0.6 is 0 Å². The van der Waals surface area contributed by atoms with E-state index in [0.717, 1.165) is 5.56 Å². The van der Waals surface area contributed by atoms with E-state index in [1.807, 2.05) is 37.3 Å². The fourth-order valence-corrected chi connectivity index (χ4v) is 2.38. The van der Waals surface area contributed by atoms with Crippen molar-refractivity contribution in [2.75, 3.05) is 14.2 Å². The van der Waals surface area contributed by atoms with Crippen molar-refractivity contribution in [3.05, 3.63) is 47.7 Å². The lowest BCUT2D eigenvalue weighted by Gasteiger charge is -2.32. The molecular weight excluding hydrogens is 256 g/mol. The van der Waals surface area contributed by atoms with Crippen molar-refractivity contribution < 1.29 is 19.0 Å². The van der Waals surface area contributed by atoms with Gasteiger partial charge >= 0.3 is 0 Å². The van der Waals surface area contributed by atoms with Gasteiger partial charge in [0.05, 0.1) is 12.0 Å². The van der Waals surface area contributed by atoms with E-state index in [1.165, 1.54) is 0 Å². The van der Waals surface area contributed by atoms with Crippen LogP contribution in [0.5, 0.6) is 0 Å². The summed E-state index contributed by atoms with van der Waals surface area (Å²) in [6.07, 6.45) is 1.18. The van der Waals surface area contributed by atoms with Gasteiger partial charge in [-0.2, -0.15) is 0 Å². The number of hydrogen-bond donors (Lipinski definition) is 0. The number of ketones is 1. The topological polar surface area (TPSA) is 44.8 Å². The van der Waals surface area contributed by atoms with Gasteiger partial charge in [-0.1, -0.05) is 37.3 Å². The summed E-state index contributed by atoms with van der Waals surface area (Å²) in [5.74, 6) is 0.0447. The maximum Gasteiger partial charge on any atom is 0.202 e. The highest BCUT2D eigenvalue weighted by Crippen LogP contribution is 2.26. The van der Waals surface area contributed by atoms with Gasteiger partial charge < -0.3 is 14.2 Å². The highest BCUT2D eigenvalue weighted by molar-refractivity contribution is 5.96. The van der Waals surface area contributed by atoms with Crippen molar-refractivity contribution in [3.63, 3.8) is 0 Å². The largest absolute Gasteiger partial charge is 0.485 e. The van der Waals surface area contributed by atoms with Gasteiger partial charge in [-0.3, -0.25) is 4.79 Å². The summed E-state index contributed by atoms with van der Waals surface area (Å²) in [5, 5.41) is 0. The summed E-state index contributed by atoms with van der Waals surface area (Å²) in [5.41, 5.74) is 1.02. The van der Waals surface area contributed by atoms with Gasteiger partial charge in [0.25, 0.3) is 0 Å². The van der Waals surface area contributed by atoms with Crippen molar-refractivity contribution in [1.29, 1.82) is 0 Å². The standard InChI is InChI=1S/C16H20O4/c1-11-15(17)13(9-14(18-2)16(11)19-3)20-10-12-7-5-4-6-8-12/h4-9,11,14,16H,10H2,1-3H3/t11-,14-,16+/m1/s1. The SMILES string of the molecule is CO[C@H]1[C@H](C)C(=O)C(OCc2ccccc2)=C[C@H]1OC. The van der Waals surface area contributed by atoms with Gasteiger partial charge in [-0.25, -0.2) is 0 Å². The molecule has 0 saturated heterocycles. The van der Waals surface area contributed by atoms with E-state index < -0.39 is 0 Å². The molecule has 1 aliphatic rings. The molecule has 0 spiro atoms. The van der Waals surface area contributed by atoms with E-state index in [2.05, 4.69) is 0 Å². The lowest BCUT2D eigenvalue weighted by molar-refractivity contribution is -0.133. The lowest BCUT2D eigenvalue weighted by Crippen LogP contribution is -2.43. The Hall–Kier alpha value is -1.65. The number of rotatable bonds is 5. The third kappa shape index (κ3) is 3.08. The van der Waals surface area contributed by atoms with Gasteiger partial charge in [0.1, 0.15) is 12.7 Å². The van der Waals surface area contributed by atoms with E-state index in [0.29, 0.717) is 12.4 Å². The molecule has 0 bridgehead atoms. The highest BCUT2D eigenvalue weighted by Gasteiger charge is 2.38. The molecule has 0 amide bonds. The van der Waals surface area contributed by atoms with Crippen LogP contribution in [0.2, 0.25) is 0 Å². The lowest BCUT2D eigenvalue weighted by atomic mass is 9.88. The minimum atomic E-state index is -0.277. The molecule has 4 heteroatoms. The van der Waals surface area contributed by atoms with Crippen molar-refractivity contribution in [3.8, 4) is 0 Å². The zero-order chi connectivity index (χ0) is 14.5. The predicted octanol–water partition coefficient (Wildman–Crippen LogP) is 2.34. The minimum absolute atomic E-state index is 0.0407. The number of methoxy groups -OCH3 is 2. The molecule has 0 heterocycles. The first kappa shape index (κ1) is 14.8. The first-order chi connectivity index (χ1) is 9.67. The molecule has 0 saturated carbocycles. The van der Waals surface area contributed by atoms with Crippen molar-refractivity contribution in [2.45, 2.75) is 25.7 Å². The van der Waals surface area contributed by atoms with Crippen LogP contribution in [0.4, 0.5) is 0 Å². The fourth-order valence-electron chi connectivity index (χ4n) is 2.38. The summed E-state index contributed by atoms with van der Waals surface area (Å²) in [6, 6.07) is 9.75. The summed E-state index contributed by atoms with van der Waals surface area (Å²) >= 11 is 0. The molecule has 0 aliphatic heterocycles. The van der Waals surface area contributed by atoms with Crippen LogP contribution in [0.3, 0.4) is 0 Å². The van der Waals surface area contributed by atoms with Crippen molar-refractivity contribution >= 4 is 5.78 Å². The number of hydrogen-bond acceptors (Lipinski definition) is 4. The van der Waals surface area contributed by atoms with Gasteiger partial charge in [0.2, 0.25) is 5.78 Å². The van der Waals surface area contributed by atoms with Crippen LogP contribution in [-0.4, -0.2) is 32.2 Å². The Morgan fingerprint density at radius 2 is 1.80 bits per heavy atom. The first-order valence-corrected chi connectivity index (χ1v) is 6.65. The van der Waals surface area contributed by atoms with Crippen LogP contribution in [0.15, 0.2) is 42.2 Å². The number of Topliss-reactive ketones (excluding diaryl/α,β-unsaturated/α-hetero) is 1. The number of benzene rings is 1. The molecule has 1 aromatic rings. The van der Waals surface area contributed by atoms with Crippen LogP contribution in [-0.2, 0) is 25.6 Å². The Labute approximate surface area is 119 Å². The van der Waals surface area contributed by atoms with E-state index in [9.17, 15) is 4.79 Å². The second-order valence-electron chi connectivity index (χ2n) is 4.86. The molecule has 20 heavy (non-hydrogen) atoms. The van der Waals surface area contributed by atoms with Gasteiger partial charge in [0, 0.05) is 14.2 Å². The molecule has 3 atom stereocenters. The monoisotopic (exact) mass is 276 g/mol. The minimum Gasteiger partial charge on any atom is -0.485 e. The second kappa shape index (κ2) is 6.68. The molecule has 2 rings (SSSR count). The summed E-state index contributed by atoms with van der Waals surface area (Å²) in [4.78, 5) is 12.2. The summed E-state index contributed by atoms with van der Waals surface area (Å²) in [7, 11) is 3.19. The zero-order valence-electron chi connectivity index (χ0n) is 12.0. The Morgan fingerprint density at radius 1 is 1.10 bits per heavy atom. The molecule has 0 aromatic heterocycles. The molecule has 1 aromatic carbocycles. The molecule has 4 nitrogen and oxygen atoms in total. The van der Waals surface area contributed by atoms with Crippen LogP contribution in [0.1, 0.15) is 12.5 Å². The maximum atomic E-state index is 12.2. The van der Waals surface area contributed by atoms with Crippen LogP contribution in [0, 0.1) is 5.92 Å². The van der Waals surface area contributed by atoms with Crippen LogP contribution in [0.25, 0.3) is 0 Å². The Kier molecular flexibility index (Phi) is 4.93. The van der Waals surface area contributed by atoms with E-state index in [1.54, 1.807) is 20.3 Å². The van der Waals surface area contributed by atoms with E-state index in [-0.39, 0.29) is 23.9 Å². The number of ether oxygens (including phenoxy) is 3. The van der Waals surface area contributed by atoms with Gasteiger partial charge in [0.15, 0.2) is 5.76 Å². The molecule has 0 unspecified atom stereocenters. The van der Waals surface area contributed by atoms with Gasteiger partial charge in [-0.05, 0) is 11.6 Å². The highest BCUT2D eigenvalue weighted by atomic mass is 16.5. The summed E-state index contributed by atoms with van der Waals surface area (Å²) in [6.45, 7) is 2.21. The Bertz CT molecular complexity index is 481. The van der Waals surface area contributed by atoms with Gasteiger partial charge in [-0.15, -0.1) is 0 Å². The summed E-state index contributed by atoms with van der Waals surface area (Å²) < 4.78 is 16.4.